The zero-order chi connectivity index (χ0) is 11.8. The van der Waals surface area contributed by atoms with Gasteiger partial charge in [0, 0.05) is 18.8 Å². The van der Waals surface area contributed by atoms with Crippen molar-refractivity contribution in [3.05, 3.63) is 17.7 Å². The lowest BCUT2D eigenvalue weighted by molar-refractivity contribution is 0.355. The summed E-state index contributed by atoms with van der Waals surface area (Å²) in [7, 11) is 5.15. The summed E-state index contributed by atoms with van der Waals surface area (Å²) in [6.07, 6.45) is 0. The van der Waals surface area contributed by atoms with Crippen LogP contribution in [0, 0.1) is 6.92 Å². The van der Waals surface area contributed by atoms with E-state index in [0.717, 1.165) is 22.7 Å². The molecule has 1 N–H and O–H groups in total. The number of aryl methyl sites for hydroxylation is 1. The summed E-state index contributed by atoms with van der Waals surface area (Å²) in [6, 6.07) is 3.87. The van der Waals surface area contributed by atoms with Crippen LogP contribution in [0.4, 0.5) is 5.69 Å². The van der Waals surface area contributed by atoms with Gasteiger partial charge in [-0.15, -0.1) is 0 Å². The standard InChI is InChI=1S/C10H15NO2.C2H6/c1-7-5-9(12-3)10(13-4)6-8(7)11-2;1-2/h5-6,11H,1-4H3;1-2H3. The molecule has 0 unspecified atom stereocenters. The van der Waals surface area contributed by atoms with Crippen LogP contribution in [0.2, 0.25) is 0 Å². The highest BCUT2D eigenvalue weighted by Gasteiger charge is 2.06. The average molecular weight is 211 g/mol. The lowest BCUT2D eigenvalue weighted by atomic mass is 10.2. The minimum absolute atomic E-state index is 0.748. The third-order valence-corrected chi connectivity index (χ3v) is 2.00. The lowest BCUT2D eigenvalue weighted by Gasteiger charge is -2.11. The van der Waals surface area contributed by atoms with Crippen molar-refractivity contribution < 1.29 is 9.47 Å². The number of hydrogen-bond acceptors (Lipinski definition) is 3. The molecule has 86 valence electrons. The van der Waals surface area contributed by atoms with Crippen molar-refractivity contribution in [2.24, 2.45) is 0 Å². The molecule has 0 bridgehead atoms. The van der Waals surface area contributed by atoms with E-state index in [9.17, 15) is 0 Å². The van der Waals surface area contributed by atoms with Gasteiger partial charge >= 0.3 is 0 Å². The molecule has 0 aliphatic rings. The topological polar surface area (TPSA) is 30.5 Å². The van der Waals surface area contributed by atoms with Crippen LogP contribution in [0.1, 0.15) is 19.4 Å². The van der Waals surface area contributed by atoms with Gasteiger partial charge in [0.25, 0.3) is 0 Å². The van der Waals surface area contributed by atoms with E-state index in [1.54, 1.807) is 14.2 Å². The Balaban J connectivity index is 0.000000921. The first-order valence-corrected chi connectivity index (χ1v) is 5.13. The molecule has 0 spiro atoms. The molecule has 1 rings (SSSR count). The van der Waals surface area contributed by atoms with Gasteiger partial charge in [0.1, 0.15) is 0 Å². The molecule has 0 fully saturated rings. The predicted octanol–water partition coefficient (Wildman–Crippen LogP) is 3.08. The molecule has 0 radical (unpaired) electrons. The molecule has 0 aliphatic heterocycles. The van der Waals surface area contributed by atoms with Gasteiger partial charge in [-0.2, -0.15) is 0 Å². The van der Waals surface area contributed by atoms with Crippen LogP contribution < -0.4 is 14.8 Å². The Morgan fingerprint density at radius 1 is 1.00 bits per heavy atom. The maximum atomic E-state index is 5.17. The second-order valence-corrected chi connectivity index (χ2v) is 2.77. The van der Waals surface area contributed by atoms with E-state index in [2.05, 4.69) is 5.32 Å². The molecule has 0 atom stereocenters. The second-order valence-electron chi connectivity index (χ2n) is 2.77. The van der Waals surface area contributed by atoms with Gasteiger partial charge in [-0.3, -0.25) is 0 Å². The van der Waals surface area contributed by atoms with E-state index in [4.69, 9.17) is 9.47 Å². The summed E-state index contributed by atoms with van der Waals surface area (Å²) < 4.78 is 10.3. The molecule has 0 aliphatic carbocycles. The number of hydrogen-bond donors (Lipinski definition) is 1. The maximum Gasteiger partial charge on any atom is 0.162 e. The maximum absolute atomic E-state index is 5.17. The number of ether oxygens (including phenoxy) is 2. The first-order valence-electron chi connectivity index (χ1n) is 5.13. The van der Waals surface area contributed by atoms with Crippen molar-refractivity contribution in [2.45, 2.75) is 20.8 Å². The zero-order valence-electron chi connectivity index (χ0n) is 10.5. The van der Waals surface area contributed by atoms with Crippen LogP contribution in [0.3, 0.4) is 0 Å². The molecule has 1 aromatic rings. The first-order chi connectivity index (χ1) is 7.22. The Morgan fingerprint density at radius 3 is 1.87 bits per heavy atom. The Hall–Kier alpha value is -1.38. The predicted molar refractivity (Wildman–Crippen MR) is 65.2 cm³/mol. The van der Waals surface area contributed by atoms with Crippen LogP contribution in [-0.2, 0) is 0 Å². The monoisotopic (exact) mass is 211 g/mol. The van der Waals surface area contributed by atoms with Crippen molar-refractivity contribution in [1.29, 1.82) is 0 Å². The largest absolute Gasteiger partial charge is 0.493 e. The summed E-state index contributed by atoms with van der Waals surface area (Å²) in [5, 5.41) is 3.09. The highest BCUT2D eigenvalue weighted by atomic mass is 16.5. The zero-order valence-corrected chi connectivity index (χ0v) is 10.5. The fourth-order valence-electron chi connectivity index (χ4n) is 1.25. The molecule has 3 nitrogen and oxygen atoms in total. The van der Waals surface area contributed by atoms with Crippen molar-refractivity contribution in [1.82, 2.24) is 0 Å². The fourth-order valence-corrected chi connectivity index (χ4v) is 1.25. The molecule has 0 saturated heterocycles. The summed E-state index contributed by atoms with van der Waals surface area (Å²) in [5.74, 6) is 1.51. The smallest absolute Gasteiger partial charge is 0.162 e. The van der Waals surface area contributed by atoms with Gasteiger partial charge in [-0.25, -0.2) is 0 Å². The Labute approximate surface area is 92.4 Å². The quantitative estimate of drug-likeness (QED) is 0.833. The van der Waals surface area contributed by atoms with Crippen molar-refractivity contribution in [2.75, 3.05) is 26.6 Å². The molecular formula is C12H21NO2. The molecule has 0 amide bonds. The molecular weight excluding hydrogens is 190 g/mol. The van der Waals surface area contributed by atoms with E-state index in [0.29, 0.717) is 0 Å². The average Bonchev–Trinajstić information content (AvgIpc) is 2.31. The number of rotatable bonds is 3. The highest BCUT2D eigenvalue weighted by molar-refractivity contribution is 5.59. The van der Waals surface area contributed by atoms with Crippen molar-refractivity contribution in [3.8, 4) is 11.5 Å². The third-order valence-electron chi connectivity index (χ3n) is 2.00. The number of nitrogens with one attached hydrogen (secondary N) is 1. The van der Waals surface area contributed by atoms with E-state index in [1.807, 2.05) is 40.0 Å². The molecule has 1 aromatic carbocycles. The number of methoxy groups -OCH3 is 2. The minimum atomic E-state index is 0.748. The van der Waals surface area contributed by atoms with E-state index in [-0.39, 0.29) is 0 Å². The lowest BCUT2D eigenvalue weighted by Crippen LogP contribution is -1.96. The molecule has 3 heteroatoms. The van der Waals surface area contributed by atoms with E-state index < -0.39 is 0 Å². The van der Waals surface area contributed by atoms with E-state index >= 15 is 0 Å². The van der Waals surface area contributed by atoms with E-state index in [1.165, 1.54) is 0 Å². The summed E-state index contributed by atoms with van der Waals surface area (Å²) in [4.78, 5) is 0. The molecule has 0 saturated carbocycles. The van der Waals surface area contributed by atoms with Gasteiger partial charge in [0.05, 0.1) is 14.2 Å². The van der Waals surface area contributed by atoms with Crippen molar-refractivity contribution >= 4 is 5.69 Å². The van der Waals surface area contributed by atoms with Gasteiger partial charge in [0.2, 0.25) is 0 Å². The number of benzene rings is 1. The minimum Gasteiger partial charge on any atom is -0.493 e. The normalized spacial score (nSPS) is 8.67. The van der Waals surface area contributed by atoms with Gasteiger partial charge in [-0.1, -0.05) is 13.8 Å². The van der Waals surface area contributed by atoms with Gasteiger partial charge in [0.15, 0.2) is 11.5 Å². The Bertz CT molecular complexity index is 298. The molecule has 0 aromatic heterocycles. The molecule has 15 heavy (non-hydrogen) atoms. The van der Waals surface area contributed by atoms with Crippen LogP contribution in [-0.4, -0.2) is 21.3 Å². The fraction of sp³-hybridized carbons (Fsp3) is 0.500. The Kier molecular flexibility index (Phi) is 6.34. The van der Waals surface area contributed by atoms with Gasteiger partial charge < -0.3 is 14.8 Å². The number of anilines is 1. The third kappa shape index (κ3) is 3.35. The van der Waals surface area contributed by atoms with Crippen LogP contribution in [0.5, 0.6) is 11.5 Å². The van der Waals surface area contributed by atoms with Crippen molar-refractivity contribution in [3.63, 3.8) is 0 Å². The SMILES string of the molecule is CC.CNc1cc(OC)c(OC)cc1C. The second kappa shape index (κ2) is 6.98. The summed E-state index contributed by atoms with van der Waals surface area (Å²) in [6.45, 7) is 6.02. The first kappa shape index (κ1) is 13.6. The summed E-state index contributed by atoms with van der Waals surface area (Å²) in [5.41, 5.74) is 2.19. The Morgan fingerprint density at radius 2 is 1.47 bits per heavy atom. The van der Waals surface area contributed by atoms with Crippen LogP contribution in [0.15, 0.2) is 12.1 Å². The highest BCUT2D eigenvalue weighted by Crippen LogP contribution is 2.32. The van der Waals surface area contributed by atoms with Gasteiger partial charge in [-0.05, 0) is 18.6 Å². The molecule has 0 heterocycles. The van der Waals surface area contributed by atoms with Crippen LogP contribution in [0.25, 0.3) is 0 Å². The van der Waals surface area contributed by atoms with Crippen LogP contribution >= 0.6 is 0 Å². The summed E-state index contributed by atoms with van der Waals surface area (Å²) >= 11 is 0.